The van der Waals surface area contributed by atoms with Gasteiger partial charge in [0.2, 0.25) is 0 Å². The van der Waals surface area contributed by atoms with Gasteiger partial charge in [0, 0.05) is 12.1 Å². The lowest BCUT2D eigenvalue weighted by atomic mass is 10.1. The Balaban J connectivity index is 2.22. The van der Waals surface area contributed by atoms with Gasteiger partial charge < -0.3 is 9.73 Å². The zero-order chi connectivity index (χ0) is 10.3. The molecule has 0 aromatic carbocycles. The van der Waals surface area contributed by atoms with E-state index in [1.165, 1.54) is 12.6 Å². The summed E-state index contributed by atoms with van der Waals surface area (Å²) in [6.07, 6.45) is 4.82. The number of rotatable bonds is 1. The standard InChI is InChI=1S/C10H8FN3O/c11-7-3-14-10(8-4-12-5-15-8)9-6(7)1-2-13-9/h3-5,13H,1-2H2. The lowest BCUT2D eigenvalue weighted by Crippen LogP contribution is -1.95. The van der Waals surface area contributed by atoms with Crippen molar-refractivity contribution in [3.8, 4) is 11.5 Å². The topological polar surface area (TPSA) is 51.0 Å². The summed E-state index contributed by atoms with van der Waals surface area (Å²) >= 11 is 0. The van der Waals surface area contributed by atoms with E-state index in [9.17, 15) is 4.39 Å². The summed E-state index contributed by atoms with van der Waals surface area (Å²) in [6.45, 7) is 0.735. The van der Waals surface area contributed by atoms with Crippen molar-refractivity contribution >= 4 is 5.69 Å². The first-order valence-electron chi connectivity index (χ1n) is 4.66. The molecule has 1 aliphatic rings. The highest BCUT2D eigenvalue weighted by molar-refractivity contribution is 5.75. The van der Waals surface area contributed by atoms with Gasteiger partial charge in [0.15, 0.2) is 12.2 Å². The maximum absolute atomic E-state index is 13.4. The summed E-state index contributed by atoms with van der Waals surface area (Å²) in [6, 6.07) is 0. The maximum atomic E-state index is 13.4. The van der Waals surface area contributed by atoms with Crippen LogP contribution in [0, 0.1) is 5.82 Å². The van der Waals surface area contributed by atoms with Crippen molar-refractivity contribution in [2.24, 2.45) is 0 Å². The first kappa shape index (κ1) is 8.40. The second-order valence-electron chi connectivity index (χ2n) is 3.35. The predicted octanol–water partition coefficient (Wildman–Crippen LogP) is 1.84. The van der Waals surface area contributed by atoms with Crippen molar-refractivity contribution in [2.75, 3.05) is 11.9 Å². The van der Waals surface area contributed by atoms with E-state index < -0.39 is 0 Å². The second kappa shape index (κ2) is 3.05. The fourth-order valence-corrected chi connectivity index (χ4v) is 1.79. The highest BCUT2D eigenvalue weighted by Gasteiger charge is 2.21. The molecule has 1 aliphatic heterocycles. The monoisotopic (exact) mass is 205 g/mol. The molecule has 5 heteroatoms. The van der Waals surface area contributed by atoms with Crippen LogP contribution in [0.3, 0.4) is 0 Å². The highest BCUT2D eigenvalue weighted by Crippen LogP contribution is 2.33. The van der Waals surface area contributed by atoms with Crippen LogP contribution in [0.25, 0.3) is 11.5 Å². The SMILES string of the molecule is Fc1cnc(-c2cnco2)c2c1CCN2. The average Bonchev–Trinajstić information content (AvgIpc) is 2.88. The first-order valence-corrected chi connectivity index (χ1v) is 4.66. The largest absolute Gasteiger partial charge is 0.442 e. The summed E-state index contributed by atoms with van der Waals surface area (Å²) in [5, 5.41) is 3.11. The van der Waals surface area contributed by atoms with Crippen molar-refractivity contribution in [1.29, 1.82) is 0 Å². The number of hydrogen-bond donors (Lipinski definition) is 1. The van der Waals surface area contributed by atoms with Gasteiger partial charge >= 0.3 is 0 Å². The number of aromatic nitrogens is 2. The molecule has 1 N–H and O–H groups in total. The van der Waals surface area contributed by atoms with Gasteiger partial charge in [0.25, 0.3) is 0 Å². The molecule has 0 radical (unpaired) electrons. The molecule has 0 amide bonds. The Morgan fingerprint density at radius 1 is 1.40 bits per heavy atom. The molecule has 2 aromatic heterocycles. The number of nitrogens with one attached hydrogen (secondary N) is 1. The van der Waals surface area contributed by atoms with Crippen LogP contribution in [-0.4, -0.2) is 16.5 Å². The lowest BCUT2D eigenvalue weighted by Gasteiger charge is -2.05. The van der Waals surface area contributed by atoms with Gasteiger partial charge in [-0.1, -0.05) is 0 Å². The van der Waals surface area contributed by atoms with Gasteiger partial charge in [-0.3, -0.25) is 0 Å². The van der Waals surface area contributed by atoms with Crippen LogP contribution in [0.15, 0.2) is 23.2 Å². The van der Waals surface area contributed by atoms with E-state index in [1.807, 2.05) is 0 Å². The minimum Gasteiger partial charge on any atom is -0.442 e. The second-order valence-corrected chi connectivity index (χ2v) is 3.35. The summed E-state index contributed by atoms with van der Waals surface area (Å²) in [5.41, 5.74) is 2.03. The number of anilines is 1. The van der Waals surface area contributed by atoms with Crippen LogP contribution in [0.1, 0.15) is 5.56 Å². The third-order valence-corrected chi connectivity index (χ3v) is 2.48. The van der Waals surface area contributed by atoms with E-state index in [2.05, 4.69) is 15.3 Å². The summed E-state index contributed by atoms with van der Waals surface area (Å²) in [7, 11) is 0. The molecule has 15 heavy (non-hydrogen) atoms. The molecule has 0 saturated heterocycles. The molecular formula is C10H8FN3O. The Morgan fingerprint density at radius 3 is 3.13 bits per heavy atom. The number of pyridine rings is 1. The predicted molar refractivity (Wildman–Crippen MR) is 51.9 cm³/mol. The van der Waals surface area contributed by atoms with E-state index in [4.69, 9.17) is 4.42 Å². The minimum atomic E-state index is -0.265. The van der Waals surface area contributed by atoms with Crippen molar-refractivity contribution in [3.05, 3.63) is 30.2 Å². The molecule has 0 bridgehead atoms. The third kappa shape index (κ3) is 1.20. The van der Waals surface area contributed by atoms with Crippen LogP contribution in [0.2, 0.25) is 0 Å². The van der Waals surface area contributed by atoms with E-state index in [1.54, 1.807) is 6.20 Å². The number of nitrogens with zero attached hydrogens (tertiary/aromatic N) is 2. The van der Waals surface area contributed by atoms with E-state index in [0.717, 1.165) is 12.2 Å². The number of fused-ring (bicyclic) bond motifs is 1. The van der Waals surface area contributed by atoms with Crippen LogP contribution < -0.4 is 5.32 Å². The van der Waals surface area contributed by atoms with Crippen molar-refractivity contribution in [1.82, 2.24) is 9.97 Å². The van der Waals surface area contributed by atoms with Crippen molar-refractivity contribution in [2.45, 2.75) is 6.42 Å². The maximum Gasteiger partial charge on any atom is 0.181 e. The molecule has 0 atom stereocenters. The van der Waals surface area contributed by atoms with Gasteiger partial charge in [-0.15, -0.1) is 0 Å². The Bertz CT molecular complexity index is 496. The van der Waals surface area contributed by atoms with Crippen LogP contribution in [0.5, 0.6) is 0 Å². The Labute approximate surface area is 85.2 Å². The number of hydrogen-bond acceptors (Lipinski definition) is 4. The molecule has 0 unspecified atom stereocenters. The van der Waals surface area contributed by atoms with E-state index >= 15 is 0 Å². The smallest absolute Gasteiger partial charge is 0.181 e. The molecule has 0 spiro atoms. The Morgan fingerprint density at radius 2 is 2.33 bits per heavy atom. The fraction of sp³-hybridized carbons (Fsp3) is 0.200. The van der Waals surface area contributed by atoms with Gasteiger partial charge in [-0.05, 0) is 6.42 Å². The molecule has 0 saturated carbocycles. The van der Waals surface area contributed by atoms with Crippen molar-refractivity contribution in [3.63, 3.8) is 0 Å². The summed E-state index contributed by atoms with van der Waals surface area (Å²) < 4.78 is 18.5. The normalized spacial score (nSPS) is 13.7. The molecule has 3 rings (SSSR count). The zero-order valence-corrected chi connectivity index (χ0v) is 7.83. The van der Waals surface area contributed by atoms with Gasteiger partial charge in [0.1, 0.15) is 11.5 Å². The van der Waals surface area contributed by atoms with Gasteiger partial charge in [0.05, 0.1) is 18.1 Å². The molecule has 0 fully saturated rings. The van der Waals surface area contributed by atoms with Crippen LogP contribution >= 0.6 is 0 Å². The molecule has 76 valence electrons. The number of halogens is 1. The fourth-order valence-electron chi connectivity index (χ4n) is 1.79. The molecule has 3 heterocycles. The Hall–Kier alpha value is -1.91. The first-order chi connectivity index (χ1) is 7.36. The summed E-state index contributed by atoms with van der Waals surface area (Å²) in [5.74, 6) is 0.291. The Kier molecular flexibility index (Phi) is 1.71. The van der Waals surface area contributed by atoms with E-state index in [0.29, 0.717) is 23.4 Å². The third-order valence-electron chi connectivity index (χ3n) is 2.48. The molecule has 2 aromatic rings. The molecular weight excluding hydrogens is 197 g/mol. The highest BCUT2D eigenvalue weighted by atomic mass is 19.1. The number of oxazole rings is 1. The van der Waals surface area contributed by atoms with Gasteiger partial charge in [-0.2, -0.15) is 0 Å². The average molecular weight is 205 g/mol. The zero-order valence-electron chi connectivity index (χ0n) is 7.83. The van der Waals surface area contributed by atoms with Crippen LogP contribution in [-0.2, 0) is 6.42 Å². The van der Waals surface area contributed by atoms with Crippen LogP contribution in [0.4, 0.5) is 10.1 Å². The quantitative estimate of drug-likeness (QED) is 0.771. The van der Waals surface area contributed by atoms with Gasteiger partial charge in [-0.25, -0.2) is 14.4 Å². The lowest BCUT2D eigenvalue weighted by molar-refractivity contribution is 0.568. The molecule has 4 nitrogen and oxygen atoms in total. The molecule has 0 aliphatic carbocycles. The van der Waals surface area contributed by atoms with Crippen molar-refractivity contribution < 1.29 is 8.81 Å². The van der Waals surface area contributed by atoms with E-state index in [-0.39, 0.29) is 5.82 Å². The summed E-state index contributed by atoms with van der Waals surface area (Å²) in [4.78, 5) is 7.84. The minimum absolute atomic E-state index is 0.265.